The quantitative estimate of drug-likeness (QED) is 0.185. The van der Waals surface area contributed by atoms with Crippen LogP contribution in [0.25, 0.3) is 10.9 Å². The molecule has 12 heteroatoms. The first-order valence-electron chi connectivity index (χ1n) is 12.5. The second-order valence-electron chi connectivity index (χ2n) is 9.77. The van der Waals surface area contributed by atoms with Gasteiger partial charge in [-0.05, 0) is 29.9 Å². The van der Waals surface area contributed by atoms with E-state index in [2.05, 4.69) is 20.9 Å². The molecule has 38 heavy (non-hydrogen) atoms. The Bertz CT molecular complexity index is 1160. The molecule has 0 aliphatic heterocycles. The molecule has 0 fully saturated rings. The number of aromatic amines is 1. The zero-order chi connectivity index (χ0) is 28.6. The van der Waals surface area contributed by atoms with Gasteiger partial charge in [0, 0.05) is 17.1 Å². The van der Waals surface area contributed by atoms with Gasteiger partial charge in [0.15, 0.2) is 0 Å². The minimum absolute atomic E-state index is 0.140. The molecular formula is C26H37N5O7. The maximum Gasteiger partial charge on any atom is 0.326 e. The summed E-state index contributed by atoms with van der Waals surface area (Å²) in [7, 11) is 0. The Balaban J connectivity index is 2.16. The first-order chi connectivity index (χ1) is 17.8. The van der Waals surface area contributed by atoms with Gasteiger partial charge in [0.25, 0.3) is 0 Å². The summed E-state index contributed by atoms with van der Waals surface area (Å²) in [6.45, 7) is 6.74. The smallest absolute Gasteiger partial charge is 0.326 e. The van der Waals surface area contributed by atoms with E-state index in [0.29, 0.717) is 6.42 Å². The number of nitrogens with two attached hydrogens (primary N) is 1. The van der Waals surface area contributed by atoms with Crippen molar-refractivity contribution in [1.82, 2.24) is 20.9 Å². The van der Waals surface area contributed by atoms with Crippen molar-refractivity contribution in [3.8, 4) is 0 Å². The number of fused-ring (bicyclic) bond motifs is 1. The monoisotopic (exact) mass is 531 g/mol. The summed E-state index contributed by atoms with van der Waals surface area (Å²) in [5, 5.41) is 27.0. The number of carbonyl (C=O) groups excluding carboxylic acids is 3. The highest BCUT2D eigenvalue weighted by atomic mass is 16.4. The third kappa shape index (κ3) is 8.04. The summed E-state index contributed by atoms with van der Waals surface area (Å²) in [6, 6.07) is 2.55. The molecule has 3 amide bonds. The number of para-hydroxylation sites is 1. The average molecular weight is 532 g/mol. The van der Waals surface area contributed by atoms with E-state index in [0.717, 1.165) is 16.5 Å². The maximum atomic E-state index is 13.1. The Morgan fingerprint density at radius 3 is 2.13 bits per heavy atom. The van der Waals surface area contributed by atoms with Crippen LogP contribution >= 0.6 is 0 Å². The SMILES string of the molecule is CCC(C)C(NC(=O)C(CC(=O)O)NC(=O)C(N)Cc1c[nH]c2ccccc12)C(=O)NC(C(=O)O)C(C)C. The molecule has 2 aromatic rings. The number of nitrogens with one attached hydrogen (secondary N) is 4. The lowest BCUT2D eigenvalue weighted by atomic mass is 9.96. The van der Waals surface area contributed by atoms with Crippen LogP contribution in [0.1, 0.15) is 46.1 Å². The Morgan fingerprint density at radius 2 is 1.55 bits per heavy atom. The first kappa shape index (κ1) is 30.3. The predicted octanol–water partition coefficient (Wildman–Crippen LogP) is 0.754. The van der Waals surface area contributed by atoms with Crippen LogP contribution in [0, 0.1) is 11.8 Å². The van der Waals surface area contributed by atoms with Crippen molar-refractivity contribution in [3.63, 3.8) is 0 Å². The number of rotatable bonds is 14. The van der Waals surface area contributed by atoms with Crippen molar-refractivity contribution >= 4 is 40.6 Å². The molecule has 1 aromatic carbocycles. The number of amides is 3. The van der Waals surface area contributed by atoms with Crippen LogP contribution in [0.4, 0.5) is 0 Å². The Morgan fingerprint density at radius 1 is 0.921 bits per heavy atom. The van der Waals surface area contributed by atoms with E-state index in [1.165, 1.54) is 0 Å². The van der Waals surface area contributed by atoms with Crippen molar-refractivity contribution in [2.45, 2.75) is 71.1 Å². The molecule has 8 N–H and O–H groups in total. The molecule has 1 aromatic heterocycles. The second kappa shape index (κ2) is 13.6. The molecule has 208 valence electrons. The molecule has 0 saturated carbocycles. The highest BCUT2D eigenvalue weighted by molar-refractivity contribution is 5.96. The molecular weight excluding hydrogens is 494 g/mol. The van der Waals surface area contributed by atoms with Gasteiger partial charge in [-0.1, -0.05) is 52.3 Å². The summed E-state index contributed by atoms with van der Waals surface area (Å²) < 4.78 is 0. The van der Waals surface area contributed by atoms with E-state index < -0.39 is 72.1 Å². The van der Waals surface area contributed by atoms with Gasteiger partial charge in [-0.25, -0.2) is 4.79 Å². The molecule has 12 nitrogen and oxygen atoms in total. The third-order valence-electron chi connectivity index (χ3n) is 6.49. The molecule has 5 atom stereocenters. The lowest BCUT2D eigenvalue weighted by molar-refractivity contribution is -0.144. The number of aromatic nitrogens is 1. The summed E-state index contributed by atoms with van der Waals surface area (Å²) in [6.07, 6.45) is 1.59. The molecule has 0 aliphatic carbocycles. The van der Waals surface area contributed by atoms with E-state index in [-0.39, 0.29) is 6.42 Å². The average Bonchev–Trinajstić information content (AvgIpc) is 3.26. The van der Waals surface area contributed by atoms with E-state index in [9.17, 15) is 34.2 Å². The number of carbonyl (C=O) groups is 5. The van der Waals surface area contributed by atoms with Crippen LogP contribution in [0.5, 0.6) is 0 Å². The number of aliphatic carboxylic acids is 2. The number of benzene rings is 1. The largest absolute Gasteiger partial charge is 0.481 e. The van der Waals surface area contributed by atoms with Gasteiger partial charge in [-0.3, -0.25) is 19.2 Å². The number of carboxylic acids is 2. The standard InChI is InChI=1S/C26H37N5O7/c1-5-14(4)22(25(36)30-21(13(2)3)26(37)38)31-24(35)19(11-20(32)33)29-23(34)17(27)10-15-12-28-18-9-7-6-8-16(15)18/h6-9,12-14,17,19,21-22,28H,5,10-11,27H2,1-4H3,(H,29,34)(H,30,36)(H,31,35)(H,32,33)(H,37,38). The number of carboxylic acid groups (broad SMARTS) is 2. The molecule has 1 heterocycles. The second-order valence-corrected chi connectivity index (χ2v) is 9.77. The van der Waals surface area contributed by atoms with E-state index in [4.69, 9.17) is 5.73 Å². The van der Waals surface area contributed by atoms with Crippen molar-refractivity contribution in [2.75, 3.05) is 0 Å². The molecule has 2 rings (SSSR count). The van der Waals surface area contributed by atoms with Crippen molar-refractivity contribution in [1.29, 1.82) is 0 Å². The van der Waals surface area contributed by atoms with Gasteiger partial charge in [0.1, 0.15) is 18.1 Å². The zero-order valence-electron chi connectivity index (χ0n) is 22.0. The number of H-pyrrole nitrogens is 1. The summed E-state index contributed by atoms with van der Waals surface area (Å²) in [5.74, 6) is -5.73. The number of hydrogen-bond acceptors (Lipinski definition) is 6. The van der Waals surface area contributed by atoms with Crippen LogP contribution in [-0.2, 0) is 30.4 Å². The third-order valence-corrected chi connectivity index (χ3v) is 6.49. The Kier molecular flexibility index (Phi) is 10.8. The fraction of sp³-hybridized carbons (Fsp3) is 0.500. The fourth-order valence-corrected chi connectivity index (χ4v) is 4.01. The molecule has 0 spiro atoms. The van der Waals surface area contributed by atoms with E-state index in [1.54, 1.807) is 33.9 Å². The Labute approximate surface area is 220 Å². The van der Waals surface area contributed by atoms with Crippen LogP contribution in [0.3, 0.4) is 0 Å². The van der Waals surface area contributed by atoms with Gasteiger partial charge in [0.2, 0.25) is 17.7 Å². The van der Waals surface area contributed by atoms with Gasteiger partial charge < -0.3 is 36.9 Å². The lowest BCUT2D eigenvalue weighted by Gasteiger charge is -2.28. The minimum Gasteiger partial charge on any atom is -0.481 e. The fourth-order valence-electron chi connectivity index (χ4n) is 4.01. The van der Waals surface area contributed by atoms with Gasteiger partial charge in [-0.15, -0.1) is 0 Å². The van der Waals surface area contributed by atoms with Gasteiger partial charge in [-0.2, -0.15) is 0 Å². The number of hydrogen-bond donors (Lipinski definition) is 7. The minimum atomic E-state index is -1.51. The highest BCUT2D eigenvalue weighted by Crippen LogP contribution is 2.19. The molecule has 0 saturated heterocycles. The molecule has 0 radical (unpaired) electrons. The normalized spacial score (nSPS) is 15.2. The summed E-state index contributed by atoms with van der Waals surface area (Å²) >= 11 is 0. The van der Waals surface area contributed by atoms with Crippen molar-refractivity contribution < 1.29 is 34.2 Å². The topological polar surface area (TPSA) is 204 Å². The van der Waals surface area contributed by atoms with Crippen LogP contribution in [0.15, 0.2) is 30.5 Å². The highest BCUT2D eigenvalue weighted by Gasteiger charge is 2.34. The van der Waals surface area contributed by atoms with E-state index in [1.807, 2.05) is 24.3 Å². The van der Waals surface area contributed by atoms with E-state index >= 15 is 0 Å². The molecule has 5 unspecified atom stereocenters. The van der Waals surface area contributed by atoms with Gasteiger partial charge >= 0.3 is 11.9 Å². The zero-order valence-corrected chi connectivity index (χ0v) is 22.0. The summed E-state index contributed by atoms with van der Waals surface area (Å²) in [4.78, 5) is 65.0. The van der Waals surface area contributed by atoms with Crippen LogP contribution in [0.2, 0.25) is 0 Å². The molecule has 0 aliphatic rings. The van der Waals surface area contributed by atoms with Gasteiger partial charge in [0.05, 0.1) is 12.5 Å². The Hall–Kier alpha value is -3.93. The predicted molar refractivity (Wildman–Crippen MR) is 140 cm³/mol. The van der Waals surface area contributed by atoms with Crippen molar-refractivity contribution in [3.05, 3.63) is 36.0 Å². The summed E-state index contributed by atoms with van der Waals surface area (Å²) in [5.41, 5.74) is 7.74. The van der Waals surface area contributed by atoms with Crippen LogP contribution in [-0.4, -0.2) is 69.0 Å². The van der Waals surface area contributed by atoms with Crippen molar-refractivity contribution in [2.24, 2.45) is 17.6 Å². The first-order valence-corrected chi connectivity index (χ1v) is 12.5. The molecule has 0 bridgehead atoms. The maximum absolute atomic E-state index is 13.1. The van der Waals surface area contributed by atoms with Crippen LogP contribution < -0.4 is 21.7 Å². The lowest BCUT2D eigenvalue weighted by Crippen LogP contribution is -2.59.